The number of aliphatic hydroxyl groups is 1. The summed E-state index contributed by atoms with van der Waals surface area (Å²) in [5.74, 6) is 0.495. The number of nitrogens with zero attached hydrogens (tertiary/aromatic N) is 4. The third-order valence-electron chi connectivity index (χ3n) is 3.11. The highest BCUT2D eigenvalue weighted by atomic mass is 35.5. The first-order valence-electron chi connectivity index (χ1n) is 6.37. The van der Waals surface area contributed by atoms with Crippen LogP contribution in [0.1, 0.15) is 19.5 Å². The molecular weight excluding hydrogens is 290 g/mol. The van der Waals surface area contributed by atoms with E-state index in [9.17, 15) is 5.11 Å². The number of hydrogen-bond donors (Lipinski definition) is 2. The number of para-hydroxylation sites is 1. The second-order valence-electron chi connectivity index (χ2n) is 5.24. The number of anilines is 1. The van der Waals surface area contributed by atoms with Gasteiger partial charge in [-0.1, -0.05) is 29.8 Å². The largest absolute Gasteiger partial charge is 0.384 e. The summed E-state index contributed by atoms with van der Waals surface area (Å²) in [6.07, 6.45) is 1.43. The molecule has 1 aromatic carbocycles. The molecule has 0 aliphatic carbocycles. The van der Waals surface area contributed by atoms with Crippen LogP contribution in [0.2, 0.25) is 5.02 Å². The fraction of sp³-hybridized carbons (Fsp3) is 0.214. The molecule has 3 rings (SSSR count). The Hall–Kier alpha value is -2.18. The Morgan fingerprint density at radius 2 is 2.00 bits per heavy atom. The first-order chi connectivity index (χ1) is 9.88. The second-order valence-corrected chi connectivity index (χ2v) is 5.64. The zero-order chi connectivity index (χ0) is 15.2. The molecule has 0 saturated carbocycles. The van der Waals surface area contributed by atoms with E-state index in [1.165, 1.54) is 6.20 Å². The molecule has 0 aliphatic rings. The highest BCUT2D eigenvalue weighted by Gasteiger charge is 2.25. The summed E-state index contributed by atoms with van der Waals surface area (Å²) in [5, 5.41) is 15.9. The molecule has 21 heavy (non-hydrogen) atoms. The first kappa shape index (κ1) is 13.8. The van der Waals surface area contributed by atoms with Crippen molar-refractivity contribution in [2.24, 2.45) is 0 Å². The normalized spacial score (nSPS) is 12.0. The van der Waals surface area contributed by atoms with Gasteiger partial charge in [-0.3, -0.25) is 0 Å². The van der Waals surface area contributed by atoms with Crippen molar-refractivity contribution in [3.63, 3.8) is 0 Å². The summed E-state index contributed by atoms with van der Waals surface area (Å²) in [4.78, 5) is 7.99. The van der Waals surface area contributed by atoms with Crippen LogP contribution in [-0.4, -0.2) is 24.9 Å². The molecule has 6 nitrogen and oxygen atoms in total. The summed E-state index contributed by atoms with van der Waals surface area (Å²) in [6.45, 7) is 3.37. The molecule has 108 valence electrons. The fourth-order valence-corrected chi connectivity index (χ4v) is 2.37. The number of nitrogens with two attached hydrogens (primary N) is 1. The van der Waals surface area contributed by atoms with Crippen molar-refractivity contribution in [1.82, 2.24) is 19.7 Å². The molecule has 0 bridgehead atoms. The minimum absolute atomic E-state index is 0.110. The van der Waals surface area contributed by atoms with Gasteiger partial charge in [-0.25, -0.2) is 9.67 Å². The van der Waals surface area contributed by atoms with Gasteiger partial charge in [0, 0.05) is 5.39 Å². The maximum atomic E-state index is 10.3. The number of rotatable bonds is 2. The highest BCUT2D eigenvalue weighted by Crippen LogP contribution is 2.30. The Morgan fingerprint density at radius 3 is 2.71 bits per heavy atom. The van der Waals surface area contributed by atoms with Gasteiger partial charge in [0.15, 0.2) is 5.82 Å². The first-order valence-corrected chi connectivity index (χ1v) is 6.75. The third-order valence-corrected chi connectivity index (χ3v) is 3.38. The number of nitrogen functional groups attached to an aromatic ring is 1. The lowest BCUT2D eigenvalue weighted by molar-refractivity contribution is 0.0749. The summed E-state index contributed by atoms with van der Waals surface area (Å²) in [7, 11) is 0. The lowest BCUT2D eigenvalue weighted by Gasteiger charge is -2.14. The van der Waals surface area contributed by atoms with Crippen LogP contribution in [-0.2, 0) is 5.60 Å². The molecule has 3 aromatic rings. The van der Waals surface area contributed by atoms with Crippen LogP contribution < -0.4 is 5.73 Å². The van der Waals surface area contributed by atoms with Crippen LogP contribution in [0.5, 0.6) is 0 Å². The zero-order valence-electron chi connectivity index (χ0n) is 11.6. The molecule has 0 fully saturated rings. The van der Waals surface area contributed by atoms with Crippen molar-refractivity contribution < 1.29 is 5.11 Å². The quantitative estimate of drug-likeness (QED) is 0.758. The predicted molar refractivity (Wildman–Crippen MR) is 81.3 cm³/mol. The fourth-order valence-electron chi connectivity index (χ4n) is 2.20. The van der Waals surface area contributed by atoms with E-state index in [2.05, 4.69) is 15.1 Å². The van der Waals surface area contributed by atoms with E-state index in [0.717, 1.165) is 10.9 Å². The number of benzene rings is 1. The molecule has 0 radical (unpaired) electrons. The number of aromatic nitrogens is 4. The van der Waals surface area contributed by atoms with Crippen molar-refractivity contribution >= 4 is 28.5 Å². The van der Waals surface area contributed by atoms with Gasteiger partial charge in [0.1, 0.15) is 16.3 Å². The smallest absolute Gasteiger partial charge is 0.222 e. The molecule has 0 amide bonds. The van der Waals surface area contributed by atoms with E-state index < -0.39 is 5.60 Å². The Labute approximate surface area is 126 Å². The number of hydrogen-bond acceptors (Lipinski definition) is 5. The summed E-state index contributed by atoms with van der Waals surface area (Å²) in [5.41, 5.74) is 5.88. The van der Waals surface area contributed by atoms with E-state index in [1.54, 1.807) is 18.5 Å². The maximum Gasteiger partial charge on any atom is 0.222 e. The van der Waals surface area contributed by atoms with E-state index in [-0.39, 0.29) is 5.95 Å². The lowest BCUT2D eigenvalue weighted by atomic mass is 10.0. The minimum Gasteiger partial charge on any atom is -0.384 e. The van der Waals surface area contributed by atoms with Crippen molar-refractivity contribution in [2.45, 2.75) is 19.4 Å². The van der Waals surface area contributed by atoms with Crippen molar-refractivity contribution in [1.29, 1.82) is 0 Å². The van der Waals surface area contributed by atoms with Gasteiger partial charge in [-0.15, -0.1) is 0 Å². The summed E-state index contributed by atoms with van der Waals surface area (Å²) < 4.78 is 1.57. The van der Waals surface area contributed by atoms with Crippen molar-refractivity contribution in [3.8, 4) is 5.82 Å². The topological polar surface area (TPSA) is 89.9 Å². The molecule has 0 saturated heterocycles. The van der Waals surface area contributed by atoms with E-state index in [1.807, 2.05) is 24.3 Å². The molecule has 0 atom stereocenters. The maximum absolute atomic E-state index is 10.3. The average molecular weight is 304 g/mol. The van der Waals surface area contributed by atoms with Crippen molar-refractivity contribution in [2.75, 3.05) is 5.73 Å². The zero-order valence-corrected chi connectivity index (χ0v) is 12.3. The van der Waals surface area contributed by atoms with Crippen LogP contribution >= 0.6 is 11.6 Å². The Bertz CT molecular complexity index is 822. The third kappa shape index (κ3) is 2.32. The van der Waals surface area contributed by atoms with Gasteiger partial charge in [0.25, 0.3) is 0 Å². The Morgan fingerprint density at radius 1 is 1.29 bits per heavy atom. The Kier molecular flexibility index (Phi) is 3.07. The van der Waals surface area contributed by atoms with Crippen LogP contribution in [0.15, 0.2) is 30.5 Å². The SMILES string of the molecule is CC(C)(O)c1nn(-c2nc(N)ncc2Cl)c2ccccc12. The van der Waals surface area contributed by atoms with E-state index in [0.29, 0.717) is 16.5 Å². The molecule has 0 unspecified atom stereocenters. The standard InChI is InChI=1S/C14H14ClN5O/c1-14(2,21)11-8-5-3-4-6-10(8)20(19-11)12-9(15)7-17-13(16)18-12/h3-7,21H,1-2H3,(H2,16,17,18). The molecule has 0 spiro atoms. The van der Waals surface area contributed by atoms with Gasteiger partial charge in [-0.2, -0.15) is 10.1 Å². The van der Waals surface area contributed by atoms with Gasteiger partial charge in [0.2, 0.25) is 5.95 Å². The number of fused-ring (bicyclic) bond motifs is 1. The average Bonchev–Trinajstić information content (AvgIpc) is 2.81. The summed E-state index contributed by atoms with van der Waals surface area (Å²) >= 11 is 6.15. The van der Waals surface area contributed by atoms with Gasteiger partial charge in [-0.05, 0) is 19.9 Å². The van der Waals surface area contributed by atoms with Crippen LogP contribution in [0.25, 0.3) is 16.7 Å². The minimum atomic E-state index is -1.09. The molecule has 2 aromatic heterocycles. The van der Waals surface area contributed by atoms with Gasteiger partial charge >= 0.3 is 0 Å². The van der Waals surface area contributed by atoms with Crippen LogP contribution in [0.3, 0.4) is 0 Å². The molecule has 7 heteroatoms. The Balaban J connectivity index is 2.36. The highest BCUT2D eigenvalue weighted by molar-refractivity contribution is 6.32. The number of halogens is 1. The predicted octanol–water partition coefficient (Wildman–Crippen LogP) is 2.28. The molecule has 2 heterocycles. The monoisotopic (exact) mass is 303 g/mol. The lowest BCUT2D eigenvalue weighted by Crippen LogP contribution is -2.17. The van der Waals surface area contributed by atoms with Crippen LogP contribution in [0.4, 0.5) is 5.95 Å². The van der Waals surface area contributed by atoms with Crippen LogP contribution in [0, 0.1) is 0 Å². The van der Waals surface area contributed by atoms with E-state index >= 15 is 0 Å². The van der Waals surface area contributed by atoms with E-state index in [4.69, 9.17) is 17.3 Å². The van der Waals surface area contributed by atoms with Crippen molar-refractivity contribution in [3.05, 3.63) is 41.2 Å². The van der Waals surface area contributed by atoms with Gasteiger partial charge in [0.05, 0.1) is 11.7 Å². The summed E-state index contributed by atoms with van der Waals surface area (Å²) in [6, 6.07) is 7.55. The van der Waals surface area contributed by atoms with Gasteiger partial charge < -0.3 is 10.8 Å². The molecule has 3 N–H and O–H groups in total. The molecule has 0 aliphatic heterocycles. The second kappa shape index (κ2) is 4.68. The molecular formula is C14H14ClN5O.